The largest absolute Gasteiger partial charge is 0.369 e. The van der Waals surface area contributed by atoms with Gasteiger partial charge in [0.1, 0.15) is 0 Å². The molecule has 1 amide bonds. The van der Waals surface area contributed by atoms with Crippen molar-refractivity contribution >= 4 is 5.91 Å². The van der Waals surface area contributed by atoms with Crippen molar-refractivity contribution in [3.05, 3.63) is 35.9 Å². The van der Waals surface area contributed by atoms with Crippen LogP contribution >= 0.6 is 0 Å². The Hall–Kier alpha value is -1.47. The molecule has 6 nitrogen and oxygen atoms in total. The Morgan fingerprint density at radius 3 is 2.33 bits per heavy atom. The minimum atomic E-state index is -0.667. The van der Waals surface area contributed by atoms with E-state index in [9.17, 15) is 9.90 Å². The molecule has 1 unspecified atom stereocenters. The molecule has 0 radical (unpaired) electrons. The highest BCUT2D eigenvalue weighted by Gasteiger charge is 2.56. The van der Waals surface area contributed by atoms with E-state index < -0.39 is 11.8 Å². The van der Waals surface area contributed by atoms with Crippen LogP contribution in [-0.2, 0) is 10.3 Å². The third kappa shape index (κ3) is 4.47. The number of aliphatic hydroxyl groups excluding tert-OH is 1. The van der Waals surface area contributed by atoms with Gasteiger partial charge < -0.3 is 10.8 Å². The van der Waals surface area contributed by atoms with E-state index in [4.69, 9.17) is 5.73 Å². The predicted molar refractivity (Wildman–Crippen MR) is 132 cm³/mol. The zero-order valence-electron chi connectivity index (χ0n) is 21.1. The van der Waals surface area contributed by atoms with E-state index in [0.29, 0.717) is 12.5 Å². The number of primary amides is 1. The first-order valence-electron chi connectivity index (χ1n) is 12.9. The van der Waals surface area contributed by atoms with E-state index in [1.807, 2.05) is 13.8 Å². The summed E-state index contributed by atoms with van der Waals surface area (Å²) in [5.74, 6) is 0.372. The van der Waals surface area contributed by atoms with E-state index in [1.54, 1.807) is 0 Å². The molecule has 2 saturated carbocycles. The SMILES string of the molecule is CCN(C)C1(c2ccccc2)CCC2(CC1)CN(CC(C)(C)C(N)=O)C(O)N2CC1CCC1. The molecule has 3 aliphatic rings. The maximum Gasteiger partial charge on any atom is 0.224 e. The second-order valence-electron chi connectivity index (χ2n) is 11.6. The average Bonchev–Trinajstić information content (AvgIpc) is 3.01. The highest BCUT2D eigenvalue weighted by molar-refractivity contribution is 5.80. The van der Waals surface area contributed by atoms with Crippen molar-refractivity contribution in [3.63, 3.8) is 0 Å². The molecular weight excluding hydrogens is 412 g/mol. The third-order valence-electron chi connectivity index (χ3n) is 9.18. The van der Waals surface area contributed by atoms with Gasteiger partial charge in [0.25, 0.3) is 0 Å². The van der Waals surface area contributed by atoms with Crippen LogP contribution in [0.15, 0.2) is 30.3 Å². The highest BCUT2D eigenvalue weighted by atomic mass is 16.3. The molecular formula is C27H44N4O2. The normalized spacial score (nSPS) is 31.9. The first-order valence-corrected chi connectivity index (χ1v) is 12.9. The van der Waals surface area contributed by atoms with E-state index >= 15 is 0 Å². The third-order valence-corrected chi connectivity index (χ3v) is 9.18. The summed E-state index contributed by atoms with van der Waals surface area (Å²) in [5.41, 5.74) is 6.42. The van der Waals surface area contributed by atoms with Gasteiger partial charge in [0.2, 0.25) is 5.91 Å². The maximum atomic E-state index is 12.0. The molecule has 6 heteroatoms. The lowest BCUT2D eigenvalue weighted by Gasteiger charge is -2.53. The fourth-order valence-electron chi connectivity index (χ4n) is 6.47. The summed E-state index contributed by atoms with van der Waals surface area (Å²) < 4.78 is 0. The molecule has 184 valence electrons. The van der Waals surface area contributed by atoms with E-state index in [2.05, 4.69) is 59.0 Å². The number of amides is 1. The van der Waals surface area contributed by atoms with Crippen LogP contribution in [0.4, 0.5) is 0 Å². The van der Waals surface area contributed by atoms with E-state index in [0.717, 1.165) is 45.3 Å². The Labute approximate surface area is 200 Å². The standard InChI is InChI=1S/C27H44N4O2/c1-5-29(4)27(22-12-7-6-8-13-22)16-14-26(15-17-27)20-30(19-25(2,3)23(28)32)24(33)31(26)18-21-10-9-11-21/h6-8,12-13,21,24,33H,5,9-11,14-20H2,1-4H3,(H2,28,32). The number of nitrogens with two attached hydrogens (primary N) is 1. The van der Waals surface area contributed by atoms with Crippen molar-refractivity contribution in [2.45, 2.75) is 83.1 Å². The van der Waals surface area contributed by atoms with Crippen molar-refractivity contribution in [2.75, 3.05) is 33.2 Å². The number of nitrogens with zero attached hydrogens (tertiary/aromatic N) is 3. The molecule has 2 aliphatic carbocycles. The van der Waals surface area contributed by atoms with Gasteiger partial charge in [-0.3, -0.25) is 19.5 Å². The van der Waals surface area contributed by atoms with Crippen molar-refractivity contribution in [3.8, 4) is 0 Å². The van der Waals surface area contributed by atoms with Gasteiger partial charge in [0.05, 0.1) is 5.41 Å². The molecule has 1 aromatic carbocycles. The summed E-state index contributed by atoms with van der Waals surface area (Å²) in [6.45, 7) is 9.28. The van der Waals surface area contributed by atoms with Gasteiger partial charge in [-0.15, -0.1) is 0 Å². The maximum absolute atomic E-state index is 12.0. The number of benzene rings is 1. The Morgan fingerprint density at radius 2 is 1.82 bits per heavy atom. The quantitative estimate of drug-likeness (QED) is 0.628. The molecule has 4 rings (SSSR count). The van der Waals surface area contributed by atoms with Gasteiger partial charge >= 0.3 is 0 Å². The molecule has 1 aliphatic heterocycles. The Morgan fingerprint density at radius 1 is 1.18 bits per heavy atom. The number of carbonyl (C=O) groups excluding carboxylic acids is 1. The number of hydrogen-bond acceptors (Lipinski definition) is 5. The van der Waals surface area contributed by atoms with Gasteiger partial charge in [0, 0.05) is 30.7 Å². The fourth-order valence-corrected chi connectivity index (χ4v) is 6.47. The first-order chi connectivity index (χ1) is 15.6. The predicted octanol–water partition coefficient (Wildman–Crippen LogP) is 3.35. The van der Waals surface area contributed by atoms with Gasteiger partial charge in [-0.2, -0.15) is 0 Å². The minimum absolute atomic E-state index is 0.0360. The molecule has 33 heavy (non-hydrogen) atoms. The Bertz CT molecular complexity index is 815. The van der Waals surface area contributed by atoms with Crippen LogP contribution in [-0.4, -0.2) is 70.8 Å². The van der Waals surface area contributed by atoms with Gasteiger partial charge in [-0.25, -0.2) is 0 Å². The molecule has 0 aromatic heterocycles. The summed E-state index contributed by atoms with van der Waals surface area (Å²) >= 11 is 0. The van der Waals surface area contributed by atoms with Crippen molar-refractivity contribution in [1.29, 1.82) is 0 Å². The first kappa shape index (κ1) is 24.6. The number of carbonyl (C=O) groups is 1. The molecule has 1 saturated heterocycles. The van der Waals surface area contributed by atoms with Gasteiger partial charge in [-0.05, 0) is 77.4 Å². The second kappa shape index (κ2) is 9.29. The molecule has 1 aromatic rings. The van der Waals surface area contributed by atoms with Crippen molar-refractivity contribution in [1.82, 2.24) is 14.7 Å². The molecule has 1 atom stereocenters. The molecule has 1 spiro atoms. The summed E-state index contributed by atoms with van der Waals surface area (Å²) in [6, 6.07) is 11.0. The van der Waals surface area contributed by atoms with Gasteiger partial charge in [0.15, 0.2) is 6.35 Å². The lowest BCUT2D eigenvalue weighted by Crippen LogP contribution is -2.57. The van der Waals surface area contributed by atoms with Crippen LogP contribution in [0.1, 0.15) is 71.3 Å². The number of aliphatic hydroxyl groups is 1. The minimum Gasteiger partial charge on any atom is -0.369 e. The lowest BCUT2D eigenvalue weighted by molar-refractivity contribution is -0.132. The van der Waals surface area contributed by atoms with Crippen LogP contribution < -0.4 is 5.73 Å². The summed E-state index contributed by atoms with van der Waals surface area (Å²) in [5, 5.41) is 11.5. The Kier molecular flexibility index (Phi) is 6.94. The topological polar surface area (TPSA) is 73.0 Å². The zero-order valence-corrected chi connectivity index (χ0v) is 21.1. The van der Waals surface area contributed by atoms with Crippen molar-refractivity contribution < 1.29 is 9.90 Å². The van der Waals surface area contributed by atoms with Crippen molar-refractivity contribution in [2.24, 2.45) is 17.1 Å². The second-order valence-corrected chi connectivity index (χ2v) is 11.6. The smallest absolute Gasteiger partial charge is 0.224 e. The van der Waals surface area contributed by atoms with Crippen LogP contribution in [0.25, 0.3) is 0 Å². The lowest BCUT2D eigenvalue weighted by atomic mass is 9.67. The van der Waals surface area contributed by atoms with Gasteiger partial charge in [-0.1, -0.05) is 43.7 Å². The number of rotatable bonds is 8. The monoisotopic (exact) mass is 456 g/mol. The summed E-state index contributed by atoms with van der Waals surface area (Å²) in [7, 11) is 2.25. The Balaban J connectivity index is 1.60. The van der Waals surface area contributed by atoms with Crippen LogP contribution in [0, 0.1) is 11.3 Å². The number of hydrogen-bond donors (Lipinski definition) is 2. The average molecular weight is 457 g/mol. The summed E-state index contributed by atoms with van der Waals surface area (Å²) in [4.78, 5) is 19.1. The van der Waals surface area contributed by atoms with Crippen LogP contribution in [0.5, 0.6) is 0 Å². The zero-order chi connectivity index (χ0) is 23.9. The van der Waals surface area contributed by atoms with E-state index in [1.165, 1.54) is 24.8 Å². The molecule has 3 fully saturated rings. The fraction of sp³-hybridized carbons (Fsp3) is 0.741. The van der Waals surface area contributed by atoms with E-state index in [-0.39, 0.29) is 17.0 Å². The molecule has 1 heterocycles. The summed E-state index contributed by atoms with van der Waals surface area (Å²) in [6.07, 6.45) is 7.42. The molecule has 3 N–H and O–H groups in total. The molecule has 0 bridgehead atoms. The van der Waals surface area contributed by atoms with Crippen LogP contribution in [0.3, 0.4) is 0 Å². The van der Waals surface area contributed by atoms with Crippen LogP contribution in [0.2, 0.25) is 0 Å². The highest BCUT2D eigenvalue weighted by Crippen LogP contribution is 2.50.